The normalized spacial score (nSPS) is 20.4. The van der Waals surface area contributed by atoms with Gasteiger partial charge in [-0.3, -0.25) is 0 Å². The number of rotatable bonds is 3. The lowest BCUT2D eigenvalue weighted by Gasteiger charge is -2.53. The molecule has 5 rings (SSSR count). The monoisotopic (exact) mass is 702 g/mol. The predicted molar refractivity (Wildman–Crippen MR) is 161 cm³/mol. The Hall–Kier alpha value is -1.47. The summed E-state index contributed by atoms with van der Waals surface area (Å²) in [4.78, 5) is 30.8. The molecule has 0 N–H and O–H groups in total. The molecule has 1 amide bonds. The number of halogens is 3. The highest BCUT2D eigenvalue weighted by molar-refractivity contribution is 14.1. The van der Waals surface area contributed by atoms with Gasteiger partial charge in [0.1, 0.15) is 16.9 Å². The van der Waals surface area contributed by atoms with E-state index in [1.807, 2.05) is 31.7 Å². The summed E-state index contributed by atoms with van der Waals surface area (Å²) in [6.45, 7) is 10.5. The van der Waals surface area contributed by atoms with E-state index in [1.165, 1.54) is 0 Å². The van der Waals surface area contributed by atoms with E-state index in [0.29, 0.717) is 22.0 Å². The van der Waals surface area contributed by atoms with Crippen LogP contribution in [0.3, 0.4) is 0 Å². The maximum absolute atomic E-state index is 15.5. The van der Waals surface area contributed by atoms with E-state index in [-0.39, 0.29) is 17.3 Å². The first-order valence-corrected chi connectivity index (χ1v) is 15.2. The van der Waals surface area contributed by atoms with Gasteiger partial charge in [0, 0.05) is 59.7 Å². The lowest BCUT2D eigenvalue weighted by atomic mass is 9.72. The smallest absolute Gasteiger partial charge is 0.410 e. The first-order valence-electron chi connectivity index (χ1n) is 13.4. The quantitative estimate of drug-likeness (QED) is 0.309. The summed E-state index contributed by atoms with van der Waals surface area (Å²) in [6.07, 6.45) is 3.74. The summed E-state index contributed by atoms with van der Waals surface area (Å²) in [5.74, 6) is 1.08. The average Bonchev–Trinajstić information content (AvgIpc) is 2.84. The molecule has 38 heavy (non-hydrogen) atoms. The number of carbonyl (C=O) groups excluding carboxylic acids is 1. The van der Waals surface area contributed by atoms with Crippen LogP contribution in [0, 0.1) is 14.8 Å². The van der Waals surface area contributed by atoms with Crippen molar-refractivity contribution in [3.05, 3.63) is 19.9 Å². The van der Waals surface area contributed by atoms with E-state index < -0.39 is 5.60 Å². The number of hydrogen-bond acceptors (Lipinski definition) is 7. The maximum Gasteiger partial charge on any atom is 0.410 e. The first-order chi connectivity index (χ1) is 17.9. The van der Waals surface area contributed by atoms with Crippen LogP contribution in [0.15, 0.2) is 10.5 Å². The number of piperidine rings is 2. The lowest BCUT2D eigenvalue weighted by molar-refractivity contribution is -0.0434. The maximum atomic E-state index is 15.5. The third-order valence-electron chi connectivity index (χ3n) is 8.10. The SMILES string of the molecule is CN(C)C1CCN(c2nc(N3CCC4(CC3)CN(C(=O)OC(C)(C)C)C4)c3cc(I)c(Br)c(F)c3n2)CC1. The van der Waals surface area contributed by atoms with Crippen molar-refractivity contribution in [1.82, 2.24) is 19.8 Å². The minimum atomic E-state index is -0.488. The molecule has 11 heteroatoms. The Morgan fingerprint density at radius 2 is 1.76 bits per heavy atom. The second-order valence-corrected chi connectivity index (χ2v) is 14.2. The Morgan fingerprint density at radius 1 is 1.13 bits per heavy atom. The molecular formula is C27H37BrFIN6O2. The highest BCUT2D eigenvalue weighted by Gasteiger charge is 2.48. The van der Waals surface area contributed by atoms with E-state index in [1.54, 1.807) is 0 Å². The van der Waals surface area contributed by atoms with E-state index >= 15 is 4.39 Å². The van der Waals surface area contributed by atoms with Crippen LogP contribution >= 0.6 is 38.5 Å². The summed E-state index contributed by atoms with van der Waals surface area (Å²) in [5.41, 5.74) is 0.000901. The molecule has 3 aliphatic rings. The van der Waals surface area contributed by atoms with E-state index in [4.69, 9.17) is 14.7 Å². The Bertz CT molecular complexity index is 1210. The second kappa shape index (κ2) is 10.5. The van der Waals surface area contributed by atoms with Crippen molar-refractivity contribution in [2.24, 2.45) is 5.41 Å². The van der Waals surface area contributed by atoms with Crippen LogP contribution in [0.25, 0.3) is 10.9 Å². The molecule has 3 aliphatic heterocycles. The molecule has 0 bridgehead atoms. The average molecular weight is 703 g/mol. The van der Waals surface area contributed by atoms with Crippen molar-refractivity contribution in [2.45, 2.75) is 58.1 Å². The van der Waals surface area contributed by atoms with E-state index in [0.717, 1.165) is 79.7 Å². The second-order valence-electron chi connectivity index (χ2n) is 12.2. The van der Waals surface area contributed by atoms with Crippen LogP contribution in [-0.2, 0) is 4.74 Å². The van der Waals surface area contributed by atoms with Crippen LogP contribution in [0.2, 0.25) is 0 Å². The van der Waals surface area contributed by atoms with Crippen molar-refractivity contribution in [3.8, 4) is 0 Å². The standard InChI is InChI=1S/C27H37BrFIN6O2/c1-26(2,3)38-25(37)36-15-27(16-36)8-12-34(13-9-27)23-18-14-19(30)20(28)21(29)22(18)31-24(32-23)35-10-6-17(7-11-35)33(4)5/h14,17H,6-13,15-16H2,1-5H3. The highest BCUT2D eigenvalue weighted by atomic mass is 127. The van der Waals surface area contributed by atoms with Crippen LogP contribution in [-0.4, -0.2) is 90.9 Å². The molecule has 0 saturated carbocycles. The molecule has 2 aromatic rings. The van der Waals surface area contributed by atoms with Gasteiger partial charge in [0.25, 0.3) is 0 Å². The van der Waals surface area contributed by atoms with Gasteiger partial charge >= 0.3 is 6.09 Å². The van der Waals surface area contributed by atoms with Crippen molar-refractivity contribution >= 4 is 67.3 Å². The number of carbonyl (C=O) groups is 1. The van der Waals surface area contributed by atoms with Gasteiger partial charge in [-0.25, -0.2) is 14.2 Å². The summed E-state index contributed by atoms with van der Waals surface area (Å²) in [5, 5.41) is 0.752. The molecule has 8 nitrogen and oxygen atoms in total. The topological polar surface area (TPSA) is 65.0 Å². The summed E-state index contributed by atoms with van der Waals surface area (Å²) in [7, 11) is 4.24. The van der Waals surface area contributed by atoms with E-state index in [9.17, 15) is 4.79 Å². The van der Waals surface area contributed by atoms with Gasteiger partial charge in [-0.15, -0.1) is 0 Å². The molecule has 1 spiro atoms. The molecule has 3 saturated heterocycles. The number of fused-ring (bicyclic) bond motifs is 1. The summed E-state index contributed by atoms with van der Waals surface area (Å²) < 4.78 is 22.3. The van der Waals surface area contributed by atoms with Crippen LogP contribution in [0.5, 0.6) is 0 Å². The number of benzene rings is 1. The molecular weight excluding hydrogens is 666 g/mol. The fourth-order valence-corrected chi connectivity index (χ4v) is 6.69. The number of aromatic nitrogens is 2. The number of anilines is 2. The summed E-state index contributed by atoms with van der Waals surface area (Å²) in [6, 6.07) is 2.53. The number of nitrogens with zero attached hydrogens (tertiary/aromatic N) is 6. The molecule has 0 aliphatic carbocycles. The zero-order valence-electron chi connectivity index (χ0n) is 22.9. The number of amides is 1. The largest absolute Gasteiger partial charge is 0.444 e. The van der Waals surface area contributed by atoms with E-state index in [2.05, 4.69) is 67.3 Å². The minimum Gasteiger partial charge on any atom is -0.444 e. The molecule has 1 aromatic carbocycles. The lowest BCUT2D eigenvalue weighted by Crippen LogP contribution is -2.62. The van der Waals surface area contributed by atoms with Crippen molar-refractivity contribution in [3.63, 3.8) is 0 Å². The van der Waals surface area contributed by atoms with Crippen molar-refractivity contribution < 1.29 is 13.9 Å². The molecule has 3 fully saturated rings. The van der Waals surface area contributed by atoms with Crippen LogP contribution < -0.4 is 9.80 Å². The van der Waals surface area contributed by atoms with Gasteiger partial charge in [-0.1, -0.05) is 0 Å². The molecule has 1 aromatic heterocycles. The fourth-order valence-electron chi connectivity index (χ4n) is 5.84. The zero-order chi connectivity index (χ0) is 27.4. The Labute approximate surface area is 246 Å². The highest BCUT2D eigenvalue weighted by Crippen LogP contribution is 2.43. The van der Waals surface area contributed by atoms with Gasteiger partial charge in [-0.2, -0.15) is 4.98 Å². The molecule has 4 heterocycles. The number of hydrogen-bond donors (Lipinski definition) is 0. The molecule has 0 radical (unpaired) electrons. The molecule has 0 unspecified atom stereocenters. The zero-order valence-corrected chi connectivity index (χ0v) is 26.6. The third-order valence-corrected chi connectivity index (χ3v) is 10.5. The summed E-state index contributed by atoms with van der Waals surface area (Å²) >= 11 is 5.57. The third kappa shape index (κ3) is 5.56. The molecule has 208 valence electrons. The Balaban J connectivity index is 1.37. The van der Waals surface area contributed by atoms with Gasteiger partial charge in [0.2, 0.25) is 5.95 Å². The molecule has 0 atom stereocenters. The van der Waals surface area contributed by atoms with Crippen molar-refractivity contribution in [2.75, 3.05) is 63.2 Å². The minimum absolute atomic E-state index is 0.121. The predicted octanol–water partition coefficient (Wildman–Crippen LogP) is 5.50. The first kappa shape index (κ1) is 28.1. The van der Waals surface area contributed by atoms with Crippen LogP contribution in [0.4, 0.5) is 21.0 Å². The van der Waals surface area contributed by atoms with Gasteiger partial charge in [0.05, 0.1) is 4.47 Å². The van der Waals surface area contributed by atoms with Crippen LogP contribution in [0.1, 0.15) is 46.5 Å². The number of ether oxygens (including phenoxy) is 1. The van der Waals surface area contributed by atoms with Crippen molar-refractivity contribution in [1.29, 1.82) is 0 Å². The van der Waals surface area contributed by atoms with Gasteiger partial charge < -0.3 is 24.3 Å². The van der Waals surface area contributed by atoms with Gasteiger partial charge in [-0.05, 0) is 105 Å². The fraction of sp³-hybridized carbons (Fsp3) is 0.667. The van der Waals surface area contributed by atoms with Gasteiger partial charge in [0.15, 0.2) is 5.82 Å². The Kier molecular flexibility index (Phi) is 7.75. The Morgan fingerprint density at radius 3 is 2.34 bits per heavy atom. The number of likely N-dealkylation sites (tertiary alicyclic amines) is 1.